The van der Waals surface area contributed by atoms with E-state index in [1.54, 1.807) is 7.11 Å². The minimum Gasteiger partial charge on any atom is -0.497 e. The number of hydrogen-bond donors (Lipinski definition) is 1. The SMILES string of the molecule is COc1cccc(C2CNC(C(=O)C3(c4ccc(Cl)cc4)CC3)C2)c1. The summed E-state index contributed by atoms with van der Waals surface area (Å²) in [4.78, 5) is 13.2. The maximum Gasteiger partial charge on any atom is 0.160 e. The zero-order valence-corrected chi connectivity index (χ0v) is 15.1. The summed E-state index contributed by atoms with van der Waals surface area (Å²) in [5.41, 5.74) is 2.04. The molecule has 1 heterocycles. The van der Waals surface area contributed by atoms with Crippen molar-refractivity contribution in [3.05, 3.63) is 64.7 Å². The van der Waals surface area contributed by atoms with Crippen LogP contribution in [0.25, 0.3) is 0 Å². The standard InChI is InChI=1S/C21H22ClNO2/c1-25-18-4-2-3-14(11-18)15-12-19(23-13-15)20(24)21(9-10-21)16-5-7-17(22)8-6-16/h2-8,11,15,19,23H,9-10,12-13H2,1H3. The molecule has 25 heavy (non-hydrogen) atoms. The van der Waals surface area contributed by atoms with E-state index in [9.17, 15) is 4.79 Å². The molecule has 1 aliphatic heterocycles. The molecule has 130 valence electrons. The molecule has 2 aromatic carbocycles. The molecular weight excluding hydrogens is 334 g/mol. The highest BCUT2D eigenvalue weighted by Crippen LogP contribution is 2.50. The maximum atomic E-state index is 13.2. The average Bonchev–Trinajstić information content (AvgIpc) is 3.31. The summed E-state index contributed by atoms with van der Waals surface area (Å²) in [5, 5.41) is 4.17. The highest BCUT2D eigenvalue weighted by Gasteiger charge is 2.53. The highest BCUT2D eigenvalue weighted by molar-refractivity contribution is 6.30. The van der Waals surface area contributed by atoms with Crippen LogP contribution >= 0.6 is 11.6 Å². The van der Waals surface area contributed by atoms with Crippen molar-refractivity contribution in [2.75, 3.05) is 13.7 Å². The molecular formula is C21H22ClNO2. The maximum absolute atomic E-state index is 13.2. The Morgan fingerprint density at radius 3 is 2.64 bits per heavy atom. The van der Waals surface area contributed by atoms with Crippen molar-refractivity contribution in [3.8, 4) is 5.75 Å². The molecule has 0 aromatic heterocycles. The van der Waals surface area contributed by atoms with Crippen molar-refractivity contribution in [1.29, 1.82) is 0 Å². The average molecular weight is 356 g/mol. The Hall–Kier alpha value is -1.84. The summed E-state index contributed by atoms with van der Waals surface area (Å²) in [6.45, 7) is 0.834. The Morgan fingerprint density at radius 2 is 1.96 bits per heavy atom. The summed E-state index contributed by atoms with van der Waals surface area (Å²) in [6.07, 6.45) is 2.73. The van der Waals surface area contributed by atoms with Gasteiger partial charge in [-0.1, -0.05) is 35.9 Å². The summed E-state index contributed by atoms with van der Waals surface area (Å²) in [5.74, 6) is 1.55. The van der Waals surface area contributed by atoms with E-state index in [1.807, 2.05) is 36.4 Å². The minimum atomic E-state index is -0.300. The topological polar surface area (TPSA) is 38.3 Å². The van der Waals surface area contributed by atoms with Gasteiger partial charge in [-0.15, -0.1) is 0 Å². The summed E-state index contributed by atoms with van der Waals surface area (Å²) < 4.78 is 5.32. The molecule has 4 rings (SSSR count). The third kappa shape index (κ3) is 3.07. The fourth-order valence-electron chi connectivity index (χ4n) is 3.99. The van der Waals surface area contributed by atoms with E-state index in [1.165, 1.54) is 5.56 Å². The number of rotatable bonds is 5. The molecule has 0 bridgehead atoms. The van der Waals surface area contributed by atoms with Crippen molar-refractivity contribution >= 4 is 17.4 Å². The summed E-state index contributed by atoms with van der Waals surface area (Å²) in [7, 11) is 1.68. The second kappa shape index (κ2) is 6.47. The molecule has 0 spiro atoms. The van der Waals surface area contributed by atoms with Crippen LogP contribution in [0, 0.1) is 0 Å². The molecule has 0 radical (unpaired) electrons. The molecule has 1 aliphatic carbocycles. The van der Waals surface area contributed by atoms with Gasteiger partial charge in [0.25, 0.3) is 0 Å². The fraction of sp³-hybridized carbons (Fsp3) is 0.381. The predicted octanol–water partition coefficient (Wildman–Crippen LogP) is 4.10. The second-order valence-electron chi connectivity index (χ2n) is 7.12. The molecule has 3 nitrogen and oxygen atoms in total. The Bertz CT molecular complexity index is 783. The summed E-state index contributed by atoms with van der Waals surface area (Å²) >= 11 is 5.99. The number of ether oxygens (including phenoxy) is 1. The van der Waals surface area contributed by atoms with Crippen molar-refractivity contribution in [3.63, 3.8) is 0 Å². The van der Waals surface area contributed by atoms with Gasteiger partial charge >= 0.3 is 0 Å². The van der Waals surface area contributed by atoms with Gasteiger partial charge in [-0.3, -0.25) is 4.79 Å². The van der Waals surface area contributed by atoms with Crippen LogP contribution in [0.3, 0.4) is 0 Å². The predicted molar refractivity (Wildman–Crippen MR) is 99.5 cm³/mol. The van der Waals surface area contributed by atoms with E-state index in [-0.39, 0.29) is 11.5 Å². The number of nitrogens with one attached hydrogen (secondary N) is 1. The van der Waals surface area contributed by atoms with Crippen LogP contribution in [0.2, 0.25) is 5.02 Å². The first-order valence-corrected chi connectivity index (χ1v) is 9.18. The van der Waals surface area contributed by atoms with Crippen LogP contribution in [0.5, 0.6) is 5.75 Å². The van der Waals surface area contributed by atoms with E-state index in [0.29, 0.717) is 16.7 Å². The largest absolute Gasteiger partial charge is 0.497 e. The highest BCUT2D eigenvalue weighted by atomic mass is 35.5. The zero-order valence-electron chi connectivity index (χ0n) is 14.3. The molecule has 1 saturated carbocycles. The molecule has 2 atom stereocenters. The van der Waals surface area contributed by atoms with E-state index in [4.69, 9.17) is 16.3 Å². The lowest BCUT2D eigenvalue weighted by atomic mass is 9.85. The lowest BCUT2D eigenvalue weighted by Gasteiger charge is -2.19. The minimum absolute atomic E-state index is 0.0746. The first-order valence-electron chi connectivity index (χ1n) is 8.80. The Labute approximate surface area is 153 Å². The molecule has 2 unspecified atom stereocenters. The van der Waals surface area contributed by atoms with E-state index in [0.717, 1.165) is 37.1 Å². The quantitative estimate of drug-likeness (QED) is 0.877. The smallest absolute Gasteiger partial charge is 0.160 e. The van der Waals surface area contributed by atoms with Gasteiger partial charge in [0.05, 0.1) is 18.6 Å². The molecule has 2 aromatic rings. The number of Topliss-reactive ketones (excluding diaryl/α,β-unsaturated/α-hetero) is 1. The first-order chi connectivity index (χ1) is 12.1. The molecule has 2 aliphatic rings. The number of hydrogen-bond acceptors (Lipinski definition) is 3. The number of methoxy groups -OCH3 is 1. The Morgan fingerprint density at radius 1 is 1.20 bits per heavy atom. The van der Waals surface area contributed by atoms with E-state index < -0.39 is 0 Å². The van der Waals surface area contributed by atoms with Crippen LogP contribution in [-0.4, -0.2) is 25.5 Å². The van der Waals surface area contributed by atoms with Crippen molar-refractivity contribution in [2.45, 2.75) is 36.6 Å². The third-order valence-electron chi connectivity index (χ3n) is 5.63. The number of benzene rings is 2. The van der Waals surface area contributed by atoms with Crippen molar-refractivity contribution in [1.82, 2.24) is 5.32 Å². The van der Waals surface area contributed by atoms with Gasteiger partial charge in [-0.25, -0.2) is 0 Å². The Balaban J connectivity index is 1.49. The second-order valence-corrected chi connectivity index (χ2v) is 7.56. The number of halogens is 1. The van der Waals surface area contributed by atoms with Gasteiger partial charge in [0.15, 0.2) is 5.78 Å². The van der Waals surface area contributed by atoms with Gasteiger partial charge in [0.1, 0.15) is 5.75 Å². The van der Waals surface area contributed by atoms with Gasteiger partial charge in [0, 0.05) is 11.6 Å². The van der Waals surface area contributed by atoms with Crippen LogP contribution in [0.4, 0.5) is 0 Å². The van der Waals surface area contributed by atoms with Crippen LogP contribution < -0.4 is 10.1 Å². The lowest BCUT2D eigenvalue weighted by Crippen LogP contribution is -2.38. The van der Waals surface area contributed by atoms with Crippen LogP contribution in [-0.2, 0) is 10.2 Å². The molecule has 1 N–H and O–H groups in total. The fourth-order valence-corrected chi connectivity index (χ4v) is 4.12. The lowest BCUT2D eigenvalue weighted by molar-refractivity contribution is -0.123. The van der Waals surface area contributed by atoms with E-state index >= 15 is 0 Å². The molecule has 0 amide bonds. The van der Waals surface area contributed by atoms with E-state index in [2.05, 4.69) is 17.4 Å². The van der Waals surface area contributed by atoms with Gasteiger partial charge < -0.3 is 10.1 Å². The zero-order chi connectivity index (χ0) is 17.4. The number of carbonyl (C=O) groups excluding carboxylic acids is 1. The van der Waals surface area contributed by atoms with Gasteiger partial charge in [-0.2, -0.15) is 0 Å². The monoisotopic (exact) mass is 355 g/mol. The Kier molecular flexibility index (Phi) is 4.30. The van der Waals surface area contributed by atoms with Crippen LogP contribution in [0.15, 0.2) is 48.5 Å². The first kappa shape index (κ1) is 16.6. The normalized spacial score (nSPS) is 24.1. The molecule has 4 heteroatoms. The molecule has 1 saturated heterocycles. The van der Waals surface area contributed by atoms with Gasteiger partial charge in [0.2, 0.25) is 0 Å². The number of carbonyl (C=O) groups is 1. The van der Waals surface area contributed by atoms with Crippen molar-refractivity contribution in [2.24, 2.45) is 0 Å². The summed E-state index contributed by atoms with van der Waals surface area (Å²) in [6, 6.07) is 15.8. The third-order valence-corrected chi connectivity index (χ3v) is 5.88. The van der Waals surface area contributed by atoms with Crippen LogP contribution in [0.1, 0.15) is 36.3 Å². The van der Waals surface area contributed by atoms with Gasteiger partial charge in [-0.05, 0) is 60.6 Å². The molecule has 2 fully saturated rings. The van der Waals surface area contributed by atoms with Crippen molar-refractivity contribution < 1.29 is 9.53 Å². The number of ketones is 1.